The zero-order valence-corrected chi connectivity index (χ0v) is 11.1. The van der Waals surface area contributed by atoms with Gasteiger partial charge in [0.05, 0.1) is 0 Å². The molecule has 0 saturated carbocycles. The molecule has 2 saturated heterocycles. The molecular weight excluding hydrogens is 198 g/mol. The quantitative estimate of drug-likeness (QED) is 0.722. The minimum Gasteiger partial charge on any atom is -0.311 e. The van der Waals surface area contributed by atoms with Crippen LogP contribution in [-0.4, -0.2) is 61.2 Å². The summed E-state index contributed by atoms with van der Waals surface area (Å²) in [6, 6.07) is 2.20. The van der Waals surface area contributed by atoms with Gasteiger partial charge in [-0.1, -0.05) is 0 Å². The standard InChI is InChI=1S/C13H27N3/c1-11-10-16(12(2)9-14-11)13-5-4-7-15(3)8-6-13/h11-14H,4-10H2,1-3H3. The highest BCUT2D eigenvalue weighted by Gasteiger charge is 2.29. The van der Waals surface area contributed by atoms with Crippen molar-refractivity contribution in [1.29, 1.82) is 0 Å². The van der Waals surface area contributed by atoms with Crippen LogP contribution in [-0.2, 0) is 0 Å². The topological polar surface area (TPSA) is 18.5 Å². The van der Waals surface area contributed by atoms with E-state index in [4.69, 9.17) is 0 Å². The SMILES string of the molecule is CC1CN(C2CCCN(C)CC2)C(C)CN1. The van der Waals surface area contributed by atoms with E-state index in [-0.39, 0.29) is 0 Å². The fourth-order valence-electron chi connectivity index (χ4n) is 3.11. The zero-order chi connectivity index (χ0) is 11.5. The van der Waals surface area contributed by atoms with Crippen LogP contribution in [0.3, 0.4) is 0 Å². The van der Waals surface area contributed by atoms with Gasteiger partial charge in [0.2, 0.25) is 0 Å². The van der Waals surface area contributed by atoms with Gasteiger partial charge in [0.25, 0.3) is 0 Å². The second-order valence-corrected chi connectivity index (χ2v) is 5.74. The maximum Gasteiger partial charge on any atom is 0.0196 e. The number of nitrogens with zero attached hydrogens (tertiary/aromatic N) is 2. The van der Waals surface area contributed by atoms with Crippen LogP contribution in [0.15, 0.2) is 0 Å². The third-order valence-corrected chi connectivity index (χ3v) is 4.20. The Hall–Kier alpha value is -0.120. The van der Waals surface area contributed by atoms with Crippen molar-refractivity contribution in [2.24, 2.45) is 0 Å². The van der Waals surface area contributed by atoms with Gasteiger partial charge in [0.1, 0.15) is 0 Å². The van der Waals surface area contributed by atoms with Gasteiger partial charge in [-0.05, 0) is 53.2 Å². The molecule has 1 N–H and O–H groups in total. The molecule has 3 nitrogen and oxygen atoms in total. The fourth-order valence-corrected chi connectivity index (χ4v) is 3.11. The van der Waals surface area contributed by atoms with Crippen LogP contribution in [0.5, 0.6) is 0 Å². The molecule has 0 aromatic carbocycles. The Kier molecular flexibility index (Phi) is 4.22. The highest BCUT2D eigenvalue weighted by molar-refractivity contribution is 4.87. The third kappa shape index (κ3) is 2.96. The molecule has 0 spiro atoms. The Balaban J connectivity index is 1.93. The summed E-state index contributed by atoms with van der Waals surface area (Å²) in [6.45, 7) is 9.63. The number of hydrogen-bond donors (Lipinski definition) is 1. The number of likely N-dealkylation sites (tertiary alicyclic amines) is 1. The molecule has 0 aromatic heterocycles. The van der Waals surface area contributed by atoms with Crippen LogP contribution in [0.25, 0.3) is 0 Å². The van der Waals surface area contributed by atoms with Crippen molar-refractivity contribution in [1.82, 2.24) is 15.1 Å². The zero-order valence-electron chi connectivity index (χ0n) is 11.1. The van der Waals surface area contributed by atoms with E-state index in [1.165, 1.54) is 38.9 Å². The normalized spacial score (nSPS) is 39.6. The predicted molar refractivity (Wildman–Crippen MR) is 68.8 cm³/mol. The van der Waals surface area contributed by atoms with Gasteiger partial charge in [-0.3, -0.25) is 4.90 Å². The minimum atomic E-state index is 0.664. The van der Waals surface area contributed by atoms with E-state index in [1.54, 1.807) is 0 Å². The predicted octanol–water partition coefficient (Wildman–Crippen LogP) is 1.15. The van der Waals surface area contributed by atoms with Crippen molar-refractivity contribution in [3.8, 4) is 0 Å². The van der Waals surface area contributed by atoms with E-state index in [1.807, 2.05) is 0 Å². The molecule has 2 aliphatic heterocycles. The number of rotatable bonds is 1. The maximum absolute atomic E-state index is 3.57. The van der Waals surface area contributed by atoms with Crippen molar-refractivity contribution < 1.29 is 0 Å². The van der Waals surface area contributed by atoms with Crippen molar-refractivity contribution in [3.05, 3.63) is 0 Å². The molecule has 2 aliphatic rings. The van der Waals surface area contributed by atoms with E-state index >= 15 is 0 Å². The summed E-state index contributed by atoms with van der Waals surface area (Å²) in [5.74, 6) is 0. The van der Waals surface area contributed by atoms with Crippen LogP contribution in [0.2, 0.25) is 0 Å². The van der Waals surface area contributed by atoms with Crippen LogP contribution >= 0.6 is 0 Å². The minimum absolute atomic E-state index is 0.664. The molecule has 0 aromatic rings. The average molecular weight is 225 g/mol. The lowest BCUT2D eigenvalue weighted by Gasteiger charge is -2.42. The molecule has 3 heteroatoms. The van der Waals surface area contributed by atoms with Crippen LogP contribution < -0.4 is 5.32 Å². The van der Waals surface area contributed by atoms with Gasteiger partial charge in [-0.25, -0.2) is 0 Å². The van der Waals surface area contributed by atoms with Gasteiger partial charge in [0, 0.05) is 31.2 Å². The third-order valence-electron chi connectivity index (χ3n) is 4.20. The van der Waals surface area contributed by atoms with Crippen molar-refractivity contribution in [2.75, 3.05) is 33.2 Å². The Morgan fingerprint density at radius 1 is 1.12 bits per heavy atom. The first-order chi connectivity index (χ1) is 7.66. The van der Waals surface area contributed by atoms with Gasteiger partial charge >= 0.3 is 0 Å². The molecule has 3 unspecified atom stereocenters. The summed E-state index contributed by atoms with van der Waals surface area (Å²) in [6.07, 6.45) is 4.11. The first-order valence-corrected chi connectivity index (χ1v) is 6.84. The molecule has 94 valence electrons. The first kappa shape index (κ1) is 12.3. The van der Waals surface area contributed by atoms with Crippen LogP contribution in [0.1, 0.15) is 33.1 Å². The summed E-state index contributed by atoms with van der Waals surface area (Å²) >= 11 is 0. The first-order valence-electron chi connectivity index (χ1n) is 6.84. The van der Waals surface area contributed by atoms with Crippen LogP contribution in [0, 0.1) is 0 Å². The summed E-state index contributed by atoms with van der Waals surface area (Å²) < 4.78 is 0. The number of nitrogens with one attached hydrogen (secondary N) is 1. The highest BCUT2D eigenvalue weighted by atomic mass is 15.3. The molecule has 0 aliphatic carbocycles. The van der Waals surface area contributed by atoms with E-state index in [9.17, 15) is 0 Å². The molecule has 2 heterocycles. The molecule has 16 heavy (non-hydrogen) atoms. The molecule has 0 amide bonds. The lowest BCUT2D eigenvalue weighted by Crippen LogP contribution is -2.57. The Morgan fingerprint density at radius 3 is 2.75 bits per heavy atom. The summed E-state index contributed by atoms with van der Waals surface area (Å²) in [4.78, 5) is 5.23. The molecule has 2 rings (SSSR count). The summed E-state index contributed by atoms with van der Waals surface area (Å²) in [7, 11) is 2.26. The van der Waals surface area contributed by atoms with Crippen molar-refractivity contribution in [2.45, 2.75) is 51.2 Å². The fraction of sp³-hybridized carbons (Fsp3) is 1.00. The van der Waals surface area contributed by atoms with Gasteiger partial charge in [-0.15, -0.1) is 0 Å². The molecule has 0 bridgehead atoms. The van der Waals surface area contributed by atoms with E-state index in [2.05, 4.69) is 36.0 Å². The molecule has 2 fully saturated rings. The average Bonchev–Trinajstić information content (AvgIpc) is 2.47. The van der Waals surface area contributed by atoms with E-state index in [0.29, 0.717) is 12.1 Å². The summed E-state index contributed by atoms with van der Waals surface area (Å²) in [5, 5.41) is 3.57. The second kappa shape index (κ2) is 5.48. The Labute approximate surface area is 100 Å². The Bertz CT molecular complexity index is 219. The van der Waals surface area contributed by atoms with E-state index in [0.717, 1.165) is 12.6 Å². The summed E-state index contributed by atoms with van der Waals surface area (Å²) in [5.41, 5.74) is 0. The smallest absolute Gasteiger partial charge is 0.0196 e. The van der Waals surface area contributed by atoms with Gasteiger partial charge in [0.15, 0.2) is 0 Å². The largest absolute Gasteiger partial charge is 0.311 e. The lowest BCUT2D eigenvalue weighted by molar-refractivity contribution is 0.0864. The highest BCUT2D eigenvalue weighted by Crippen LogP contribution is 2.20. The molecule has 3 atom stereocenters. The molecule has 0 radical (unpaired) electrons. The van der Waals surface area contributed by atoms with Gasteiger partial charge in [-0.2, -0.15) is 0 Å². The van der Waals surface area contributed by atoms with Gasteiger partial charge < -0.3 is 10.2 Å². The Morgan fingerprint density at radius 2 is 1.94 bits per heavy atom. The number of piperazine rings is 1. The monoisotopic (exact) mass is 225 g/mol. The lowest BCUT2D eigenvalue weighted by atomic mass is 10.0. The van der Waals surface area contributed by atoms with E-state index < -0.39 is 0 Å². The second-order valence-electron chi connectivity index (χ2n) is 5.74. The number of hydrogen-bond acceptors (Lipinski definition) is 3. The maximum atomic E-state index is 3.57. The molecular formula is C13H27N3. The van der Waals surface area contributed by atoms with Crippen LogP contribution in [0.4, 0.5) is 0 Å². The van der Waals surface area contributed by atoms with Crippen molar-refractivity contribution >= 4 is 0 Å². The van der Waals surface area contributed by atoms with Crippen molar-refractivity contribution in [3.63, 3.8) is 0 Å².